The third kappa shape index (κ3) is 3.98. The zero-order valence-electron chi connectivity index (χ0n) is 12.5. The molecule has 116 valence electrons. The molecule has 0 spiro atoms. The number of aryl methyl sites for hydroxylation is 1. The van der Waals surface area contributed by atoms with E-state index < -0.39 is 0 Å². The normalized spacial score (nSPS) is 17.5. The van der Waals surface area contributed by atoms with Crippen molar-refractivity contribution in [2.75, 3.05) is 17.6 Å². The molecule has 1 aromatic carbocycles. The first kappa shape index (κ1) is 16.3. The van der Waals surface area contributed by atoms with Gasteiger partial charge in [0.2, 0.25) is 5.91 Å². The molecule has 0 heterocycles. The highest BCUT2D eigenvalue weighted by molar-refractivity contribution is 9.10. The fourth-order valence-electron chi connectivity index (χ4n) is 3.15. The zero-order chi connectivity index (χ0) is 15.5. The van der Waals surface area contributed by atoms with Gasteiger partial charge in [-0.05, 0) is 49.4 Å². The van der Waals surface area contributed by atoms with E-state index in [1.54, 1.807) is 0 Å². The molecular formula is C16H24BrN3O. The Bertz CT molecular complexity index is 524. The molecule has 0 bridgehead atoms. The Kier molecular flexibility index (Phi) is 5.27. The van der Waals surface area contributed by atoms with Crippen LogP contribution in [0.4, 0.5) is 11.4 Å². The van der Waals surface area contributed by atoms with Gasteiger partial charge in [-0.1, -0.05) is 35.2 Å². The molecule has 1 saturated carbocycles. The van der Waals surface area contributed by atoms with Gasteiger partial charge >= 0.3 is 0 Å². The van der Waals surface area contributed by atoms with Crippen LogP contribution in [0.5, 0.6) is 0 Å². The Labute approximate surface area is 134 Å². The van der Waals surface area contributed by atoms with Crippen LogP contribution in [-0.4, -0.2) is 12.5 Å². The molecule has 0 atom stereocenters. The minimum atomic E-state index is -0.0296. The third-order valence-electron chi connectivity index (χ3n) is 4.51. The maximum Gasteiger partial charge on any atom is 0.225 e. The van der Waals surface area contributed by atoms with Gasteiger partial charge in [0, 0.05) is 10.9 Å². The molecule has 0 radical (unpaired) electrons. The van der Waals surface area contributed by atoms with Crippen molar-refractivity contribution in [2.45, 2.75) is 45.4 Å². The molecule has 1 aromatic rings. The minimum absolute atomic E-state index is 0.00606. The van der Waals surface area contributed by atoms with Gasteiger partial charge in [0.05, 0.1) is 11.4 Å². The Morgan fingerprint density at radius 3 is 2.62 bits per heavy atom. The van der Waals surface area contributed by atoms with Crippen LogP contribution in [0.3, 0.4) is 0 Å². The topological polar surface area (TPSA) is 81.1 Å². The van der Waals surface area contributed by atoms with Gasteiger partial charge in [0.25, 0.3) is 0 Å². The van der Waals surface area contributed by atoms with Crippen LogP contribution in [0, 0.1) is 12.3 Å². The Hall–Kier alpha value is -1.07. The molecule has 0 aromatic heterocycles. The first-order chi connectivity index (χ1) is 9.96. The first-order valence-electron chi connectivity index (χ1n) is 7.51. The van der Waals surface area contributed by atoms with Crippen LogP contribution in [0.2, 0.25) is 0 Å². The van der Waals surface area contributed by atoms with Crippen molar-refractivity contribution in [3.63, 3.8) is 0 Å². The lowest BCUT2D eigenvalue weighted by molar-refractivity contribution is -0.118. The van der Waals surface area contributed by atoms with Crippen LogP contribution in [0.15, 0.2) is 16.6 Å². The number of halogens is 1. The smallest absolute Gasteiger partial charge is 0.225 e. The molecule has 0 saturated heterocycles. The molecule has 0 unspecified atom stereocenters. The predicted molar refractivity (Wildman–Crippen MR) is 91.1 cm³/mol. The van der Waals surface area contributed by atoms with Gasteiger partial charge in [-0.15, -0.1) is 0 Å². The summed E-state index contributed by atoms with van der Waals surface area (Å²) in [5, 5.41) is 2.95. The quantitative estimate of drug-likeness (QED) is 0.723. The highest BCUT2D eigenvalue weighted by Crippen LogP contribution is 2.39. The van der Waals surface area contributed by atoms with Crippen LogP contribution >= 0.6 is 15.9 Å². The largest absolute Gasteiger partial charge is 0.397 e. The number of rotatable bonds is 4. The number of nitrogens with two attached hydrogens (primary N) is 2. The van der Waals surface area contributed by atoms with E-state index in [1.807, 2.05) is 19.1 Å². The standard InChI is InChI=1S/C16H24BrN3O/c1-11-7-12(17)8-13(15(11)19)20-14(21)9-16(10-18)5-3-2-4-6-16/h7-8H,2-6,9-10,18-19H2,1H3,(H,20,21). The number of benzene rings is 1. The monoisotopic (exact) mass is 353 g/mol. The van der Waals surface area contributed by atoms with Crippen LogP contribution in [0.1, 0.15) is 44.1 Å². The number of nitrogen functional groups attached to an aromatic ring is 1. The van der Waals surface area contributed by atoms with E-state index in [2.05, 4.69) is 21.2 Å². The van der Waals surface area contributed by atoms with E-state index in [4.69, 9.17) is 11.5 Å². The number of amides is 1. The van der Waals surface area contributed by atoms with Crippen molar-refractivity contribution in [3.8, 4) is 0 Å². The van der Waals surface area contributed by atoms with Gasteiger partial charge < -0.3 is 16.8 Å². The number of carbonyl (C=O) groups excluding carboxylic acids is 1. The van der Waals surface area contributed by atoms with Gasteiger partial charge in [-0.25, -0.2) is 0 Å². The molecule has 1 amide bonds. The van der Waals surface area contributed by atoms with E-state index >= 15 is 0 Å². The molecule has 0 aliphatic heterocycles. The predicted octanol–water partition coefficient (Wildman–Crippen LogP) is 3.58. The average molecular weight is 354 g/mol. The Morgan fingerprint density at radius 2 is 2.00 bits per heavy atom. The number of hydrogen-bond donors (Lipinski definition) is 3. The fourth-order valence-corrected chi connectivity index (χ4v) is 3.72. The summed E-state index contributed by atoms with van der Waals surface area (Å²) in [7, 11) is 0. The first-order valence-corrected chi connectivity index (χ1v) is 8.31. The summed E-state index contributed by atoms with van der Waals surface area (Å²) in [6, 6.07) is 3.78. The lowest BCUT2D eigenvalue weighted by atomic mass is 9.71. The maximum absolute atomic E-state index is 12.4. The summed E-state index contributed by atoms with van der Waals surface area (Å²) in [5.74, 6) is 0.00606. The van der Waals surface area contributed by atoms with E-state index in [-0.39, 0.29) is 11.3 Å². The van der Waals surface area contributed by atoms with Crippen LogP contribution < -0.4 is 16.8 Å². The third-order valence-corrected chi connectivity index (χ3v) is 4.97. The minimum Gasteiger partial charge on any atom is -0.397 e. The number of anilines is 2. The lowest BCUT2D eigenvalue weighted by Crippen LogP contribution is -2.36. The van der Waals surface area contributed by atoms with Crippen molar-refractivity contribution in [1.29, 1.82) is 0 Å². The molecule has 2 rings (SSSR count). The van der Waals surface area contributed by atoms with Crippen molar-refractivity contribution in [1.82, 2.24) is 0 Å². The Balaban J connectivity index is 2.08. The number of hydrogen-bond acceptors (Lipinski definition) is 3. The number of carbonyl (C=O) groups is 1. The van der Waals surface area contributed by atoms with Crippen LogP contribution in [0.25, 0.3) is 0 Å². The highest BCUT2D eigenvalue weighted by Gasteiger charge is 2.33. The summed E-state index contributed by atoms with van der Waals surface area (Å²) >= 11 is 3.43. The summed E-state index contributed by atoms with van der Waals surface area (Å²) in [6.45, 7) is 2.51. The average Bonchev–Trinajstić information content (AvgIpc) is 2.45. The zero-order valence-corrected chi connectivity index (χ0v) is 14.1. The van der Waals surface area contributed by atoms with Crippen molar-refractivity contribution in [2.24, 2.45) is 11.1 Å². The molecular weight excluding hydrogens is 330 g/mol. The molecule has 21 heavy (non-hydrogen) atoms. The van der Waals surface area contributed by atoms with Gasteiger partial charge in [-0.3, -0.25) is 4.79 Å². The van der Waals surface area contributed by atoms with E-state index in [0.717, 1.165) is 22.9 Å². The second-order valence-corrected chi connectivity index (χ2v) is 7.09. The molecule has 1 aliphatic rings. The van der Waals surface area contributed by atoms with Crippen molar-refractivity contribution < 1.29 is 4.79 Å². The summed E-state index contributed by atoms with van der Waals surface area (Å²) in [4.78, 5) is 12.4. The Morgan fingerprint density at radius 1 is 1.33 bits per heavy atom. The van der Waals surface area contributed by atoms with Gasteiger partial charge in [-0.2, -0.15) is 0 Å². The van der Waals surface area contributed by atoms with Crippen molar-refractivity contribution >= 4 is 33.2 Å². The van der Waals surface area contributed by atoms with Gasteiger partial charge in [0.1, 0.15) is 0 Å². The molecule has 1 fully saturated rings. The molecule has 1 aliphatic carbocycles. The summed E-state index contributed by atoms with van der Waals surface area (Å²) < 4.78 is 0.913. The molecule has 4 nitrogen and oxygen atoms in total. The second kappa shape index (κ2) is 6.79. The van der Waals surface area contributed by atoms with E-state index in [1.165, 1.54) is 19.3 Å². The summed E-state index contributed by atoms with van der Waals surface area (Å²) in [6.07, 6.45) is 6.16. The molecule has 5 heteroatoms. The van der Waals surface area contributed by atoms with Crippen LogP contribution in [-0.2, 0) is 4.79 Å². The molecule has 5 N–H and O–H groups in total. The lowest BCUT2D eigenvalue weighted by Gasteiger charge is -2.35. The van der Waals surface area contributed by atoms with Gasteiger partial charge in [0.15, 0.2) is 0 Å². The van der Waals surface area contributed by atoms with E-state index in [9.17, 15) is 4.79 Å². The fraction of sp³-hybridized carbons (Fsp3) is 0.562. The number of nitrogens with one attached hydrogen (secondary N) is 1. The SMILES string of the molecule is Cc1cc(Br)cc(NC(=O)CC2(CN)CCCCC2)c1N. The van der Waals surface area contributed by atoms with Crippen molar-refractivity contribution in [3.05, 3.63) is 22.2 Å². The second-order valence-electron chi connectivity index (χ2n) is 6.17. The van der Waals surface area contributed by atoms with E-state index in [0.29, 0.717) is 24.3 Å². The summed E-state index contributed by atoms with van der Waals surface area (Å²) in [5.41, 5.74) is 14.2. The maximum atomic E-state index is 12.4. The highest BCUT2D eigenvalue weighted by atomic mass is 79.9.